The first-order chi connectivity index (χ1) is 6.22. The topological polar surface area (TPSA) is 46.2 Å². The van der Waals surface area contributed by atoms with Crippen molar-refractivity contribution in [3.63, 3.8) is 0 Å². The van der Waals surface area contributed by atoms with E-state index in [-0.39, 0.29) is 23.7 Å². The van der Waals surface area contributed by atoms with E-state index in [9.17, 15) is 9.59 Å². The van der Waals surface area contributed by atoms with Crippen LogP contribution >= 0.6 is 0 Å². The van der Waals surface area contributed by atoms with Crippen molar-refractivity contribution >= 4 is 11.7 Å². The lowest BCUT2D eigenvalue weighted by atomic mass is 9.76. The molecule has 1 heterocycles. The quantitative estimate of drug-likeness (QED) is 0.559. The van der Waals surface area contributed by atoms with Gasteiger partial charge in [0.05, 0.1) is 0 Å². The van der Waals surface area contributed by atoms with Gasteiger partial charge >= 0.3 is 0 Å². The Morgan fingerprint density at radius 3 is 2.92 bits per heavy atom. The number of fused-ring (bicyclic) bond motifs is 2. The highest BCUT2D eigenvalue weighted by Crippen LogP contribution is 2.31. The maximum absolute atomic E-state index is 11.5. The van der Waals surface area contributed by atoms with Crippen molar-refractivity contribution in [2.75, 3.05) is 0 Å². The Labute approximate surface area is 77.2 Å². The second kappa shape index (κ2) is 2.98. The summed E-state index contributed by atoms with van der Waals surface area (Å²) in [6.07, 6.45) is 4.01. The van der Waals surface area contributed by atoms with Crippen LogP contribution in [0.4, 0.5) is 0 Å². The molecule has 0 aromatic rings. The lowest BCUT2D eigenvalue weighted by Crippen LogP contribution is -2.49. The molecule has 0 aromatic heterocycles. The van der Waals surface area contributed by atoms with Crippen LogP contribution in [0, 0.1) is 5.92 Å². The summed E-state index contributed by atoms with van der Waals surface area (Å²) >= 11 is 0. The number of ketones is 1. The molecule has 2 aliphatic rings. The van der Waals surface area contributed by atoms with Crippen LogP contribution in [0.5, 0.6) is 0 Å². The van der Waals surface area contributed by atoms with Gasteiger partial charge < -0.3 is 5.32 Å². The Balaban J connectivity index is 2.30. The van der Waals surface area contributed by atoms with E-state index in [4.69, 9.17) is 0 Å². The number of amides is 1. The molecule has 3 nitrogen and oxygen atoms in total. The second-order valence-electron chi connectivity index (χ2n) is 3.71. The molecule has 2 unspecified atom stereocenters. The van der Waals surface area contributed by atoms with Crippen molar-refractivity contribution in [2.24, 2.45) is 5.92 Å². The van der Waals surface area contributed by atoms with E-state index in [0.717, 1.165) is 12.8 Å². The summed E-state index contributed by atoms with van der Waals surface area (Å²) in [5.41, 5.74) is 0.668. The molecule has 2 fully saturated rings. The summed E-state index contributed by atoms with van der Waals surface area (Å²) in [5.74, 6) is 0.0773. The van der Waals surface area contributed by atoms with E-state index < -0.39 is 0 Å². The number of rotatable bonds is 0. The first kappa shape index (κ1) is 8.48. The predicted molar refractivity (Wildman–Crippen MR) is 48.0 cm³/mol. The van der Waals surface area contributed by atoms with E-state index in [0.29, 0.717) is 12.0 Å². The molecule has 0 spiro atoms. The number of hydrogen-bond donors (Lipinski definition) is 1. The van der Waals surface area contributed by atoms with Crippen LogP contribution in [-0.2, 0) is 9.59 Å². The van der Waals surface area contributed by atoms with E-state index in [1.54, 1.807) is 6.08 Å². The van der Waals surface area contributed by atoms with E-state index in [2.05, 4.69) is 5.32 Å². The van der Waals surface area contributed by atoms with Crippen molar-refractivity contribution in [3.05, 3.63) is 11.6 Å². The molecule has 3 heteroatoms. The average Bonchev–Trinajstić information content (AvgIpc) is 2.12. The minimum absolute atomic E-state index is 0.0446. The Kier molecular flexibility index (Phi) is 1.94. The molecule has 2 atom stereocenters. The van der Waals surface area contributed by atoms with Gasteiger partial charge in [-0.15, -0.1) is 0 Å². The first-order valence-electron chi connectivity index (χ1n) is 4.72. The fourth-order valence-corrected chi connectivity index (χ4v) is 2.22. The number of carbonyl (C=O) groups excluding carboxylic acids is 2. The number of nitrogens with one attached hydrogen (secondary N) is 1. The second-order valence-corrected chi connectivity index (χ2v) is 3.71. The van der Waals surface area contributed by atoms with E-state index >= 15 is 0 Å². The van der Waals surface area contributed by atoms with Crippen molar-refractivity contribution in [1.29, 1.82) is 0 Å². The van der Waals surface area contributed by atoms with Crippen LogP contribution in [-0.4, -0.2) is 17.7 Å². The molecule has 1 amide bonds. The third kappa shape index (κ3) is 1.28. The molecule has 70 valence electrons. The summed E-state index contributed by atoms with van der Waals surface area (Å²) in [4.78, 5) is 23.0. The standard InChI is InChI=1S/C10H13NO2/c1-2-7-8-5-6(11-10(7)13)3-4-9(8)12/h2,6,8H,3-5H2,1H3,(H,11,13)/b7-2-. The molecular weight excluding hydrogens is 166 g/mol. The van der Waals surface area contributed by atoms with Gasteiger partial charge in [-0.1, -0.05) is 6.08 Å². The zero-order valence-corrected chi connectivity index (χ0v) is 7.67. The minimum atomic E-state index is -0.113. The highest BCUT2D eigenvalue weighted by atomic mass is 16.2. The fourth-order valence-electron chi connectivity index (χ4n) is 2.22. The summed E-state index contributed by atoms with van der Waals surface area (Å²) in [7, 11) is 0. The van der Waals surface area contributed by atoms with Gasteiger partial charge in [-0.05, 0) is 19.8 Å². The lowest BCUT2D eigenvalue weighted by Gasteiger charge is -2.35. The number of Topliss-reactive ketones (excluding diaryl/α,β-unsaturated/α-hetero) is 1. The molecular formula is C10H13NO2. The predicted octanol–water partition coefficient (Wildman–Crippen LogP) is 0.800. The van der Waals surface area contributed by atoms with Crippen molar-refractivity contribution in [3.8, 4) is 0 Å². The summed E-state index contributed by atoms with van der Waals surface area (Å²) in [5, 5.41) is 2.91. The van der Waals surface area contributed by atoms with Crippen LogP contribution in [0.25, 0.3) is 0 Å². The normalized spacial score (nSPS) is 36.2. The summed E-state index contributed by atoms with van der Waals surface area (Å²) in [6, 6.07) is 0.235. The highest BCUT2D eigenvalue weighted by Gasteiger charge is 2.38. The summed E-state index contributed by atoms with van der Waals surface area (Å²) in [6.45, 7) is 1.82. The Bertz CT molecular complexity index is 293. The van der Waals surface area contributed by atoms with Gasteiger partial charge in [0.25, 0.3) is 0 Å². The molecule has 1 aliphatic heterocycles. The fraction of sp³-hybridized carbons (Fsp3) is 0.600. The molecule has 0 aromatic carbocycles. The SMILES string of the molecule is C/C=C1\C(=O)NC2CCC(=O)C1C2. The van der Waals surface area contributed by atoms with Crippen molar-refractivity contribution in [2.45, 2.75) is 32.2 Å². The van der Waals surface area contributed by atoms with E-state index in [1.165, 1.54) is 0 Å². The molecule has 1 saturated carbocycles. The first-order valence-corrected chi connectivity index (χ1v) is 4.72. The largest absolute Gasteiger partial charge is 0.350 e. The van der Waals surface area contributed by atoms with E-state index in [1.807, 2.05) is 6.92 Å². The Hall–Kier alpha value is -1.12. The average molecular weight is 179 g/mol. The number of carbonyl (C=O) groups is 2. The van der Waals surface area contributed by atoms with Crippen LogP contribution in [0.15, 0.2) is 11.6 Å². The number of piperidine rings is 1. The molecule has 13 heavy (non-hydrogen) atoms. The zero-order chi connectivity index (χ0) is 9.42. The zero-order valence-electron chi connectivity index (χ0n) is 7.67. The van der Waals surface area contributed by atoms with Crippen LogP contribution in [0.1, 0.15) is 26.2 Å². The molecule has 2 bridgehead atoms. The van der Waals surface area contributed by atoms with Gasteiger partial charge in [-0.3, -0.25) is 9.59 Å². The Morgan fingerprint density at radius 1 is 1.46 bits per heavy atom. The van der Waals surface area contributed by atoms with Gasteiger partial charge in [0.2, 0.25) is 5.91 Å². The third-order valence-electron chi connectivity index (χ3n) is 2.93. The lowest BCUT2D eigenvalue weighted by molar-refractivity contribution is -0.130. The molecule has 1 N–H and O–H groups in total. The highest BCUT2D eigenvalue weighted by molar-refractivity contribution is 6.02. The molecule has 0 radical (unpaired) electrons. The third-order valence-corrected chi connectivity index (χ3v) is 2.93. The van der Waals surface area contributed by atoms with Crippen molar-refractivity contribution in [1.82, 2.24) is 5.32 Å². The number of hydrogen-bond acceptors (Lipinski definition) is 2. The van der Waals surface area contributed by atoms with Crippen LogP contribution in [0.2, 0.25) is 0 Å². The Morgan fingerprint density at radius 2 is 2.23 bits per heavy atom. The molecule has 1 saturated heterocycles. The van der Waals surface area contributed by atoms with Crippen molar-refractivity contribution < 1.29 is 9.59 Å². The monoisotopic (exact) mass is 179 g/mol. The number of allylic oxidation sites excluding steroid dienone is 1. The molecule has 1 aliphatic carbocycles. The van der Waals surface area contributed by atoms with Gasteiger partial charge in [-0.25, -0.2) is 0 Å². The summed E-state index contributed by atoms with van der Waals surface area (Å²) < 4.78 is 0. The maximum Gasteiger partial charge on any atom is 0.247 e. The van der Waals surface area contributed by atoms with Gasteiger partial charge in [0.15, 0.2) is 0 Å². The minimum Gasteiger partial charge on any atom is -0.350 e. The van der Waals surface area contributed by atoms with Gasteiger partial charge in [-0.2, -0.15) is 0 Å². The smallest absolute Gasteiger partial charge is 0.247 e. The van der Waals surface area contributed by atoms with Crippen LogP contribution < -0.4 is 5.32 Å². The van der Waals surface area contributed by atoms with Gasteiger partial charge in [0.1, 0.15) is 5.78 Å². The maximum atomic E-state index is 11.5. The van der Waals surface area contributed by atoms with Gasteiger partial charge in [0, 0.05) is 24.0 Å². The van der Waals surface area contributed by atoms with Crippen LogP contribution in [0.3, 0.4) is 0 Å². The molecule has 2 rings (SSSR count).